The number of hydrogen-bond acceptors (Lipinski definition) is 4. The molecule has 1 heterocycles. The Bertz CT molecular complexity index is 477. The van der Waals surface area contributed by atoms with Gasteiger partial charge in [-0.25, -0.2) is 4.39 Å². The number of aliphatic hydroxyl groups is 1. The molecule has 1 fully saturated rings. The predicted octanol–water partition coefficient (Wildman–Crippen LogP) is 1.82. The molecular formula is C15H23FN2O2. The maximum Gasteiger partial charge on any atom is 0.130 e. The normalized spacial score (nSPS) is 23.7. The molecule has 20 heavy (non-hydrogen) atoms. The molecule has 3 N–H and O–H groups in total. The van der Waals surface area contributed by atoms with Crippen molar-refractivity contribution in [3.05, 3.63) is 29.6 Å². The molecule has 5 heteroatoms. The molecule has 112 valence electrons. The highest BCUT2D eigenvalue weighted by atomic mass is 19.1. The highest BCUT2D eigenvalue weighted by molar-refractivity contribution is 5.56. The summed E-state index contributed by atoms with van der Waals surface area (Å²) >= 11 is 0. The van der Waals surface area contributed by atoms with Gasteiger partial charge in [0, 0.05) is 30.4 Å². The number of nitrogens with two attached hydrogens (primary N) is 1. The van der Waals surface area contributed by atoms with Crippen molar-refractivity contribution in [2.75, 3.05) is 24.6 Å². The van der Waals surface area contributed by atoms with Gasteiger partial charge in [-0.3, -0.25) is 0 Å². The molecule has 2 rings (SSSR count). The standard InChI is InChI=1S/C15H23FN2O2/c1-10(17)14-12(16)5-4-6-13(14)18-7-11(8-19)20-15(2,3)9-18/h4-6,10-11,19H,7-9,17H2,1-3H3/t10-,11?/m1/s1. The fourth-order valence-electron chi connectivity index (χ4n) is 2.83. The van der Waals surface area contributed by atoms with E-state index in [9.17, 15) is 9.50 Å². The lowest BCUT2D eigenvalue weighted by Crippen LogP contribution is -2.54. The highest BCUT2D eigenvalue weighted by Gasteiger charge is 2.34. The number of rotatable bonds is 3. The minimum absolute atomic E-state index is 0.0528. The monoisotopic (exact) mass is 282 g/mol. The predicted molar refractivity (Wildman–Crippen MR) is 77.3 cm³/mol. The molecule has 1 unspecified atom stereocenters. The number of aliphatic hydroxyl groups excluding tert-OH is 1. The zero-order chi connectivity index (χ0) is 14.9. The van der Waals surface area contributed by atoms with Crippen LogP contribution in [-0.2, 0) is 4.74 Å². The van der Waals surface area contributed by atoms with E-state index >= 15 is 0 Å². The van der Waals surface area contributed by atoms with E-state index in [1.54, 1.807) is 13.0 Å². The van der Waals surface area contributed by atoms with Crippen LogP contribution in [0.4, 0.5) is 10.1 Å². The smallest absolute Gasteiger partial charge is 0.130 e. The summed E-state index contributed by atoms with van der Waals surface area (Å²) < 4.78 is 19.8. The Labute approximate surface area is 119 Å². The Morgan fingerprint density at radius 3 is 2.85 bits per heavy atom. The molecule has 0 bridgehead atoms. The van der Waals surface area contributed by atoms with Crippen LogP contribution in [0.15, 0.2) is 18.2 Å². The number of benzene rings is 1. The quantitative estimate of drug-likeness (QED) is 0.888. The topological polar surface area (TPSA) is 58.7 Å². The fraction of sp³-hybridized carbons (Fsp3) is 0.600. The maximum atomic E-state index is 14.0. The minimum Gasteiger partial charge on any atom is -0.394 e. The first-order chi connectivity index (χ1) is 9.34. The van der Waals surface area contributed by atoms with Crippen LogP contribution in [0.5, 0.6) is 0 Å². The number of nitrogens with zero attached hydrogens (tertiary/aromatic N) is 1. The molecule has 1 aliphatic rings. The minimum atomic E-state index is -0.396. The Morgan fingerprint density at radius 2 is 2.25 bits per heavy atom. The van der Waals surface area contributed by atoms with Crippen molar-refractivity contribution in [1.29, 1.82) is 0 Å². The van der Waals surface area contributed by atoms with E-state index in [4.69, 9.17) is 10.5 Å². The Balaban J connectivity index is 2.38. The van der Waals surface area contributed by atoms with Crippen LogP contribution in [-0.4, -0.2) is 36.5 Å². The van der Waals surface area contributed by atoms with Crippen LogP contribution in [0.3, 0.4) is 0 Å². The summed E-state index contributed by atoms with van der Waals surface area (Å²) in [7, 11) is 0. The van der Waals surface area contributed by atoms with E-state index < -0.39 is 5.60 Å². The molecule has 0 spiro atoms. The van der Waals surface area contributed by atoms with Gasteiger partial charge in [0.25, 0.3) is 0 Å². The average molecular weight is 282 g/mol. The van der Waals surface area contributed by atoms with Crippen molar-refractivity contribution >= 4 is 5.69 Å². The third-order valence-electron chi connectivity index (χ3n) is 3.51. The summed E-state index contributed by atoms with van der Waals surface area (Å²) in [4.78, 5) is 2.05. The largest absolute Gasteiger partial charge is 0.394 e. The number of halogens is 1. The SMILES string of the molecule is C[C@@H](N)c1c(F)cccc1N1CC(CO)OC(C)(C)C1. The molecule has 0 radical (unpaired) electrons. The first-order valence-electron chi connectivity index (χ1n) is 6.91. The third kappa shape index (κ3) is 3.11. The average Bonchev–Trinajstić information content (AvgIpc) is 2.36. The van der Waals surface area contributed by atoms with Crippen LogP contribution < -0.4 is 10.6 Å². The van der Waals surface area contributed by atoms with Gasteiger partial charge in [0.05, 0.1) is 18.3 Å². The zero-order valence-electron chi connectivity index (χ0n) is 12.3. The molecule has 0 saturated carbocycles. The van der Waals surface area contributed by atoms with E-state index in [1.807, 2.05) is 24.8 Å². The van der Waals surface area contributed by atoms with Gasteiger partial charge in [-0.1, -0.05) is 6.07 Å². The molecular weight excluding hydrogens is 259 g/mol. The van der Waals surface area contributed by atoms with E-state index in [-0.39, 0.29) is 24.6 Å². The highest BCUT2D eigenvalue weighted by Crippen LogP contribution is 2.32. The molecule has 1 aromatic carbocycles. The van der Waals surface area contributed by atoms with E-state index in [0.717, 1.165) is 5.69 Å². The van der Waals surface area contributed by atoms with Crippen LogP contribution in [0.2, 0.25) is 0 Å². The molecule has 1 aromatic rings. The van der Waals surface area contributed by atoms with Crippen molar-refractivity contribution in [3.63, 3.8) is 0 Å². The second-order valence-electron chi connectivity index (χ2n) is 6.02. The van der Waals surface area contributed by atoms with Crippen molar-refractivity contribution in [2.24, 2.45) is 5.73 Å². The second-order valence-corrected chi connectivity index (χ2v) is 6.02. The first kappa shape index (κ1) is 15.2. The van der Waals surface area contributed by atoms with Crippen LogP contribution >= 0.6 is 0 Å². The summed E-state index contributed by atoms with van der Waals surface area (Å²) in [6, 6.07) is 4.60. The number of ether oxygens (including phenoxy) is 1. The first-order valence-corrected chi connectivity index (χ1v) is 6.91. The van der Waals surface area contributed by atoms with Gasteiger partial charge in [0.1, 0.15) is 5.82 Å². The summed E-state index contributed by atoms with van der Waals surface area (Å²) in [5.41, 5.74) is 6.82. The van der Waals surface area contributed by atoms with Crippen LogP contribution in [0, 0.1) is 5.82 Å². The zero-order valence-corrected chi connectivity index (χ0v) is 12.3. The van der Waals surface area contributed by atoms with Crippen molar-refractivity contribution in [2.45, 2.75) is 38.5 Å². The van der Waals surface area contributed by atoms with Gasteiger partial charge in [-0.2, -0.15) is 0 Å². The molecule has 4 nitrogen and oxygen atoms in total. The number of morpholine rings is 1. The van der Waals surface area contributed by atoms with Gasteiger partial charge in [0.15, 0.2) is 0 Å². The van der Waals surface area contributed by atoms with Gasteiger partial charge in [-0.15, -0.1) is 0 Å². The molecule has 0 amide bonds. The van der Waals surface area contributed by atoms with Crippen molar-refractivity contribution in [1.82, 2.24) is 0 Å². The fourth-order valence-corrected chi connectivity index (χ4v) is 2.83. The summed E-state index contributed by atoms with van der Waals surface area (Å²) in [5.74, 6) is -0.289. The summed E-state index contributed by atoms with van der Waals surface area (Å²) in [6.07, 6.45) is -0.275. The Hall–Kier alpha value is -1.17. The molecule has 2 atom stereocenters. The van der Waals surface area contributed by atoms with Crippen molar-refractivity contribution < 1.29 is 14.2 Å². The Kier molecular flexibility index (Phi) is 4.32. The van der Waals surface area contributed by atoms with Gasteiger partial charge in [-0.05, 0) is 32.9 Å². The molecule has 0 aliphatic carbocycles. The van der Waals surface area contributed by atoms with Crippen LogP contribution in [0.1, 0.15) is 32.4 Å². The van der Waals surface area contributed by atoms with Gasteiger partial charge >= 0.3 is 0 Å². The summed E-state index contributed by atoms with van der Waals surface area (Å²) in [6.45, 7) is 6.81. The Morgan fingerprint density at radius 1 is 1.55 bits per heavy atom. The second kappa shape index (κ2) is 5.68. The maximum absolute atomic E-state index is 14.0. The molecule has 1 saturated heterocycles. The molecule has 1 aliphatic heterocycles. The van der Waals surface area contributed by atoms with E-state index in [2.05, 4.69) is 0 Å². The van der Waals surface area contributed by atoms with Crippen LogP contribution in [0.25, 0.3) is 0 Å². The van der Waals surface area contributed by atoms with E-state index in [0.29, 0.717) is 18.7 Å². The number of anilines is 1. The van der Waals surface area contributed by atoms with E-state index in [1.165, 1.54) is 6.07 Å². The summed E-state index contributed by atoms with van der Waals surface area (Å²) in [5, 5.41) is 9.37. The lowest BCUT2D eigenvalue weighted by atomic mass is 10.0. The lowest BCUT2D eigenvalue weighted by Gasteiger charge is -2.44. The van der Waals surface area contributed by atoms with Gasteiger partial charge < -0.3 is 20.5 Å². The number of hydrogen-bond donors (Lipinski definition) is 2. The molecule has 0 aromatic heterocycles. The van der Waals surface area contributed by atoms with Crippen molar-refractivity contribution in [3.8, 4) is 0 Å². The van der Waals surface area contributed by atoms with Gasteiger partial charge in [0.2, 0.25) is 0 Å². The lowest BCUT2D eigenvalue weighted by molar-refractivity contribution is -0.101. The third-order valence-corrected chi connectivity index (χ3v) is 3.51.